The topological polar surface area (TPSA) is 67.8 Å². The highest BCUT2D eigenvalue weighted by Crippen LogP contribution is 2.70. The molecule has 2 saturated carbocycles. The van der Waals surface area contributed by atoms with Crippen molar-refractivity contribution in [3.63, 3.8) is 0 Å². The van der Waals surface area contributed by atoms with Gasteiger partial charge in [-0.05, 0) is 60.5 Å². The lowest BCUT2D eigenvalue weighted by molar-refractivity contribution is -0.137. The molecule has 1 aromatic rings. The molecule has 0 radical (unpaired) electrons. The van der Waals surface area contributed by atoms with E-state index in [2.05, 4.69) is 44.3 Å². The Balaban J connectivity index is 1.69. The zero-order chi connectivity index (χ0) is 20.1. The van der Waals surface area contributed by atoms with E-state index in [1.54, 1.807) is 7.11 Å². The van der Waals surface area contributed by atoms with E-state index in [1.165, 1.54) is 5.56 Å². The van der Waals surface area contributed by atoms with Crippen LogP contribution in [0.25, 0.3) is 0 Å². The molecule has 1 aromatic carbocycles. The number of ether oxygens (including phenoxy) is 2. The monoisotopic (exact) mass is 387 g/mol. The fraction of sp³-hybridized carbons (Fsp3) is 0.696. The third kappa shape index (κ3) is 2.86. The average molecular weight is 388 g/mol. The van der Waals surface area contributed by atoms with Crippen LogP contribution in [0.5, 0.6) is 5.75 Å². The fourth-order valence-corrected chi connectivity index (χ4v) is 6.48. The number of amides is 1. The molecule has 1 spiro atoms. The zero-order valence-corrected chi connectivity index (χ0v) is 17.5. The molecule has 1 unspecified atom stereocenters. The number of fused-ring (bicyclic) bond motifs is 1. The molecule has 1 aliphatic heterocycles. The number of aliphatic hydroxyl groups excluding tert-OH is 1. The average Bonchev–Trinajstić information content (AvgIpc) is 3.14. The summed E-state index contributed by atoms with van der Waals surface area (Å²) >= 11 is 0. The van der Waals surface area contributed by atoms with Gasteiger partial charge in [-0.25, -0.2) is 0 Å². The lowest BCUT2D eigenvalue weighted by Gasteiger charge is -2.53. The van der Waals surface area contributed by atoms with Gasteiger partial charge in [-0.1, -0.05) is 26.0 Å². The number of benzene rings is 1. The molecule has 5 nitrogen and oxygen atoms in total. The molecule has 3 fully saturated rings. The standard InChI is InChI=1S/C23H33NO4/c1-14-5-6-16(18(11-14)27-4)20-17-12-15-13-23(17,8-10-28-20)21(22(15,2)3)24-19(26)7-9-25/h5-6,11,15,17,20-21,25H,7-10,12-13H2,1-4H3,(H,24,26)/t15-,17-,20-,21-,23?/m1/s1. The second-order valence-corrected chi connectivity index (χ2v) is 9.56. The highest BCUT2D eigenvalue weighted by molar-refractivity contribution is 5.76. The Hall–Kier alpha value is -1.59. The smallest absolute Gasteiger partial charge is 0.222 e. The predicted octanol–water partition coefficient (Wildman–Crippen LogP) is 3.38. The van der Waals surface area contributed by atoms with Crippen LogP contribution in [0.4, 0.5) is 0 Å². The predicted molar refractivity (Wildman–Crippen MR) is 107 cm³/mol. The van der Waals surface area contributed by atoms with Crippen molar-refractivity contribution >= 4 is 5.91 Å². The van der Waals surface area contributed by atoms with Crippen LogP contribution in [-0.4, -0.2) is 37.4 Å². The Morgan fingerprint density at radius 1 is 1.39 bits per heavy atom. The lowest BCUT2D eigenvalue weighted by atomic mass is 9.58. The van der Waals surface area contributed by atoms with Crippen LogP contribution in [0.3, 0.4) is 0 Å². The van der Waals surface area contributed by atoms with E-state index < -0.39 is 0 Å². The van der Waals surface area contributed by atoms with Gasteiger partial charge in [0.05, 0.1) is 19.8 Å². The summed E-state index contributed by atoms with van der Waals surface area (Å²) in [5, 5.41) is 12.5. The summed E-state index contributed by atoms with van der Waals surface area (Å²) in [6.45, 7) is 7.26. The van der Waals surface area contributed by atoms with Gasteiger partial charge in [-0.2, -0.15) is 0 Å². The Morgan fingerprint density at radius 3 is 2.89 bits per heavy atom. The molecule has 2 bridgehead atoms. The summed E-state index contributed by atoms with van der Waals surface area (Å²) in [7, 11) is 1.72. The molecule has 3 aliphatic rings. The van der Waals surface area contributed by atoms with E-state index in [0.29, 0.717) is 18.4 Å². The molecule has 5 atom stereocenters. The molecule has 4 rings (SSSR count). The van der Waals surface area contributed by atoms with Crippen LogP contribution >= 0.6 is 0 Å². The van der Waals surface area contributed by atoms with Crippen molar-refractivity contribution in [3.05, 3.63) is 29.3 Å². The maximum Gasteiger partial charge on any atom is 0.222 e. The van der Waals surface area contributed by atoms with Gasteiger partial charge in [-0.15, -0.1) is 0 Å². The van der Waals surface area contributed by atoms with E-state index in [4.69, 9.17) is 9.47 Å². The number of nitrogens with one attached hydrogen (secondary N) is 1. The van der Waals surface area contributed by atoms with E-state index in [0.717, 1.165) is 30.6 Å². The van der Waals surface area contributed by atoms with Crippen molar-refractivity contribution in [1.82, 2.24) is 5.32 Å². The maximum absolute atomic E-state index is 12.4. The molecule has 1 amide bonds. The molecule has 28 heavy (non-hydrogen) atoms. The van der Waals surface area contributed by atoms with E-state index in [9.17, 15) is 9.90 Å². The number of hydrogen-bond donors (Lipinski definition) is 2. The first-order chi connectivity index (χ1) is 13.3. The first-order valence-electron chi connectivity index (χ1n) is 10.5. The van der Waals surface area contributed by atoms with Gasteiger partial charge in [0, 0.05) is 24.6 Å². The molecule has 1 saturated heterocycles. The van der Waals surface area contributed by atoms with Crippen LogP contribution in [-0.2, 0) is 9.53 Å². The summed E-state index contributed by atoms with van der Waals surface area (Å²) < 4.78 is 12.0. The molecule has 1 heterocycles. The van der Waals surface area contributed by atoms with Crippen LogP contribution in [0, 0.1) is 29.6 Å². The fourth-order valence-electron chi connectivity index (χ4n) is 6.48. The van der Waals surface area contributed by atoms with E-state index in [1.807, 2.05) is 0 Å². The highest BCUT2D eigenvalue weighted by Gasteiger charge is 2.68. The molecular formula is C23H33NO4. The number of hydrogen-bond acceptors (Lipinski definition) is 4. The Bertz CT molecular complexity index is 761. The van der Waals surface area contributed by atoms with Crippen molar-refractivity contribution in [2.75, 3.05) is 20.3 Å². The number of methoxy groups -OCH3 is 1. The molecule has 154 valence electrons. The SMILES string of the molecule is COc1cc(C)ccc1[C@H]1OCCC23C[C@@H](C[C@H]12)C(C)(C)[C@H]3NC(=O)CCO. The quantitative estimate of drug-likeness (QED) is 0.813. The summed E-state index contributed by atoms with van der Waals surface area (Å²) in [6, 6.07) is 6.47. The maximum atomic E-state index is 12.4. The summed E-state index contributed by atoms with van der Waals surface area (Å²) in [6.07, 6.45) is 3.42. The number of aryl methyl sites for hydroxylation is 1. The minimum atomic E-state index is -0.106. The van der Waals surface area contributed by atoms with Gasteiger partial charge >= 0.3 is 0 Å². The normalized spacial score (nSPS) is 35.5. The highest BCUT2D eigenvalue weighted by atomic mass is 16.5. The minimum absolute atomic E-state index is 0.00245. The zero-order valence-electron chi connectivity index (χ0n) is 17.5. The number of rotatable bonds is 5. The van der Waals surface area contributed by atoms with Crippen molar-refractivity contribution in [2.45, 2.75) is 58.6 Å². The Kier molecular flexibility index (Phi) is 4.95. The van der Waals surface area contributed by atoms with Gasteiger partial charge in [0.1, 0.15) is 5.75 Å². The van der Waals surface area contributed by atoms with Crippen molar-refractivity contribution < 1.29 is 19.4 Å². The molecule has 5 heteroatoms. The summed E-state index contributed by atoms with van der Waals surface area (Å²) in [5.41, 5.74) is 2.41. The van der Waals surface area contributed by atoms with Crippen molar-refractivity contribution in [2.24, 2.45) is 22.7 Å². The van der Waals surface area contributed by atoms with Crippen LogP contribution in [0.2, 0.25) is 0 Å². The summed E-state index contributed by atoms with van der Waals surface area (Å²) in [4.78, 5) is 12.4. The van der Waals surface area contributed by atoms with Crippen LogP contribution in [0.1, 0.15) is 56.8 Å². The summed E-state index contributed by atoms with van der Waals surface area (Å²) in [5.74, 6) is 1.79. The van der Waals surface area contributed by atoms with Gasteiger partial charge in [0.15, 0.2) is 0 Å². The second-order valence-electron chi connectivity index (χ2n) is 9.56. The van der Waals surface area contributed by atoms with Gasteiger partial charge in [-0.3, -0.25) is 4.79 Å². The minimum Gasteiger partial charge on any atom is -0.496 e. The van der Waals surface area contributed by atoms with Crippen molar-refractivity contribution in [1.29, 1.82) is 0 Å². The molecule has 2 aliphatic carbocycles. The van der Waals surface area contributed by atoms with Gasteiger partial charge in [0.25, 0.3) is 0 Å². The van der Waals surface area contributed by atoms with E-state index >= 15 is 0 Å². The molecular weight excluding hydrogens is 354 g/mol. The number of carbonyl (C=O) groups excluding carboxylic acids is 1. The lowest BCUT2D eigenvalue weighted by Crippen LogP contribution is -2.59. The van der Waals surface area contributed by atoms with E-state index in [-0.39, 0.29) is 41.9 Å². The van der Waals surface area contributed by atoms with Crippen molar-refractivity contribution in [3.8, 4) is 5.75 Å². The van der Waals surface area contributed by atoms with Gasteiger partial charge < -0.3 is 19.9 Å². The largest absolute Gasteiger partial charge is 0.496 e. The first-order valence-corrected chi connectivity index (χ1v) is 10.5. The number of aliphatic hydroxyl groups is 1. The Morgan fingerprint density at radius 2 is 2.18 bits per heavy atom. The third-order valence-electron chi connectivity index (χ3n) is 7.84. The molecule has 0 aromatic heterocycles. The van der Waals surface area contributed by atoms with Crippen LogP contribution in [0.15, 0.2) is 18.2 Å². The third-order valence-corrected chi connectivity index (χ3v) is 7.84. The number of carbonyl (C=O) groups is 1. The Labute approximate surface area is 167 Å². The first kappa shape index (κ1) is 19.7. The van der Waals surface area contributed by atoms with Gasteiger partial charge in [0.2, 0.25) is 5.91 Å². The van der Waals surface area contributed by atoms with Crippen LogP contribution < -0.4 is 10.1 Å². The molecule has 2 N–H and O–H groups in total. The second kappa shape index (κ2) is 7.03.